The molecule has 2 aliphatic rings. The fourth-order valence-electron chi connectivity index (χ4n) is 3.90. The second kappa shape index (κ2) is 6.08. The van der Waals surface area contributed by atoms with Gasteiger partial charge in [-0.15, -0.1) is 0 Å². The van der Waals surface area contributed by atoms with Gasteiger partial charge in [0.15, 0.2) is 0 Å². The summed E-state index contributed by atoms with van der Waals surface area (Å²) in [7, 11) is 0. The van der Waals surface area contributed by atoms with E-state index in [9.17, 15) is 0 Å². The molecule has 0 bridgehead atoms. The van der Waals surface area contributed by atoms with Crippen molar-refractivity contribution in [2.45, 2.75) is 51.9 Å². The first-order valence-corrected chi connectivity index (χ1v) is 8.34. The summed E-state index contributed by atoms with van der Waals surface area (Å²) < 4.78 is 0. The predicted octanol–water partition coefficient (Wildman–Crippen LogP) is 3.04. The molecule has 2 fully saturated rings. The van der Waals surface area contributed by atoms with Gasteiger partial charge in [-0.25, -0.2) is 0 Å². The van der Waals surface area contributed by atoms with Crippen LogP contribution in [0.2, 0.25) is 0 Å². The van der Waals surface area contributed by atoms with Gasteiger partial charge in [0.25, 0.3) is 0 Å². The van der Waals surface area contributed by atoms with Crippen molar-refractivity contribution < 1.29 is 0 Å². The highest BCUT2D eigenvalue weighted by atomic mass is 15.2. The average molecular weight is 289 g/mol. The molecule has 1 saturated heterocycles. The van der Waals surface area contributed by atoms with Crippen LogP contribution in [0.4, 0.5) is 17.6 Å². The third-order valence-corrected chi connectivity index (χ3v) is 5.15. The minimum atomic E-state index is 0.362. The van der Waals surface area contributed by atoms with Crippen LogP contribution in [-0.4, -0.2) is 29.6 Å². The smallest absolute Gasteiger partial charge is 0.223 e. The maximum atomic E-state index is 5.84. The van der Waals surface area contributed by atoms with Crippen LogP contribution in [0, 0.1) is 5.41 Å². The molecule has 0 atom stereocenters. The van der Waals surface area contributed by atoms with E-state index in [4.69, 9.17) is 5.73 Å². The van der Waals surface area contributed by atoms with Gasteiger partial charge < -0.3 is 16.0 Å². The molecule has 116 valence electrons. The fourth-order valence-corrected chi connectivity index (χ4v) is 3.90. The van der Waals surface area contributed by atoms with Crippen molar-refractivity contribution in [1.82, 2.24) is 9.97 Å². The lowest BCUT2D eigenvalue weighted by molar-refractivity contribution is 0.144. The van der Waals surface area contributed by atoms with Crippen LogP contribution in [0.5, 0.6) is 0 Å². The summed E-state index contributed by atoms with van der Waals surface area (Å²) in [6.07, 6.45) is 9.72. The number of piperidine rings is 1. The van der Waals surface area contributed by atoms with Crippen molar-refractivity contribution in [3.63, 3.8) is 0 Å². The number of nitrogens with two attached hydrogens (primary N) is 1. The monoisotopic (exact) mass is 289 g/mol. The maximum absolute atomic E-state index is 5.84. The highest BCUT2D eigenvalue weighted by Gasteiger charge is 2.35. The SMILES string of the molecule is CCNc1cc(N2CCC3(CCCCC3)CC2)nc(N)n1. The Morgan fingerprint density at radius 1 is 1.14 bits per heavy atom. The Bertz CT molecular complexity index is 472. The van der Waals surface area contributed by atoms with E-state index >= 15 is 0 Å². The molecule has 0 aromatic carbocycles. The fraction of sp³-hybridized carbons (Fsp3) is 0.750. The van der Waals surface area contributed by atoms with Gasteiger partial charge >= 0.3 is 0 Å². The van der Waals surface area contributed by atoms with E-state index in [1.54, 1.807) is 0 Å². The Morgan fingerprint density at radius 3 is 2.52 bits per heavy atom. The first-order chi connectivity index (χ1) is 10.2. The number of nitrogens with one attached hydrogen (secondary N) is 1. The van der Waals surface area contributed by atoms with Crippen LogP contribution in [0.15, 0.2) is 6.07 Å². The number of rotatable bonds is 3. The Morgan fingerprint density at radius 2 is 1.86 bits per heavy atom. The topological polar surface area (TPSA) is 67.1 Å². The normalized spacial score (nSPS) is 21.5. The third-order valence-electron chi connectivity index (χ3n) is 5.15. The number of nitrogens with zero attached hydrogens (tertiary/aromatic N) is 3. The summed E-state index contributed by atoms with van der Waals surface area (Å²) in [6.45, 7) is 5.11. The quantitative estimate of drug-likeness (QED) is 0.895. The van der Waals surface area contributed by atoms with Crippen molar-refractivity contribution in [3.8, 4) is 0 Å². The zero-order valence-corrected chi connectivity index (χ0v) is 13.1. The van der Waals surface area contributed by atoms with Gasteiger partial charge in [0.05, 0.1) is 0 Å². The number of aromatic nitrogens is 2. The van der Waals surface area contributed by atoms with Gasteiger partial charge in [0.1, 0.15) is 11.6 Å². The van der Waals surface area contributed by atoms with Crippen LogP contribution in [0.3, 0.4) is 0 Å². The van der Waals surface area contributed by atoms with E-state index in [1.165, 1.54) is 44.9 Å². The van der Waals surface area contributed by atoms with Gasteiger partial charge in [-0.05, 0) is 38.0 Å². The summed E-state index contributed by atoms with van der Waals surface area (Å²) in [5.74, 6) is 2.17. The van der Waals surface area contributed by atoms with E-state index in [1.807, 2.05) is 6.07 Å². The standard InChI is InChI=1S/C16H27N5/c1-2-18-13-12-14(20-15(17)19-13)21-10-8-16(9-11-21)6-4-3-5-7-16/h12H,2-11H2,1H3,(H3,17,18,19,20). The van der Waals surface area contributed by atoms with E-state index in [2.05, 4.69) is 27.1 Å². The summed E-state index contributed by atoms with van der Waals surface area (Å²) in [5, 5.41) is 3.23. The van der Waals surface area contributed by atoms with Gasteiger partial charge in [0.2, 0.25) is 5.95 Å². The first-order valence-electron chi connectivity index (χ1n) is 8.34. The van der Waals surface area contributed by atoms with Crippen LogP contribution in [0.1, 0.15) is 51.9 Å². The Kier molecular flexibility index (Phi) is 4.17. The highest BCUT2D eigenvalue weighted by Crippen LogP contribution is 2.45. The second-order valence-electron chi connectivity index (χ2n) is 6.55. The molecule has 0 unspecified atom stereocenters. The van der Waals surface area contributed by atoms with Crippen LogP contribution in [0.25, 0.3) is 0 Å². The molecule has 3 N–H and O–H groups in total. The molecule has 1 aromatic rings. The lowest BCUT2D eigenvalue weighted by atomic mass is 9.68. The van der Waals surface area contributed by atoms with Crippen molar-refractivity contribution in [2.75, 3.05) is 35.6 Å². The molecule has 1 aliphatic carbocycles. The van der Waals surface area contributed by atoms with Gasteiger partial charge in [0, 0.05) is 25.7 Å². The number of hydrogen-bond acceptors (Lipinski definition) is 5. The van der Waals surface area contributed by atoms with Crippen molar-refractivity contribution in [2.24, 2.45) is 5.41 Å². The zero-order valence-electron chi connectivity index (χ0n) is 13.1. The van der Waals surface area contributed by atoms with Crippen molar-refractivity contribution in [3.05, 3.63) is 6.07 Å². The minimum Gasteiger partial charge on any atom is -0.370 e. The Balaban J connectivity index is 1.68. The lowest BCUT2D eigenvalue weighted by Crippen LogP contribution is -2.41. The van der Waals surface area contributed by atoms with E-state index in [-0.39, 0.29) is 0 Å². The van der Waals surface area contributed by atoms with Gasteiger partial charge in [-0.3, -0.25) is 0 Å². The first kappa shape index (κ1) is 14.4. The summed E-state index contributed by atoms with van der Waals surface area (Å²) >= 11 is 0. The van der Waals surface area contributed by atoms with E-state index in [0.717, 1.165) is 31.3 Å². The Labute approximate surface area is 127 Å². The molecule has 5 nitrogen and oxygen atoms in total. The second-order valence-corrected chi connectivity index (χ2v) is 6.55. The molecule has 1 aliphatic heterocycles. The van der Waals surface area contributed by atoms with Crippen LogP contribution in [-0.2, 0) is 0 Å². The highest BCUT2D eigenvalue weighted by molar-refractivity contribution is 5.52. The number of nitrogen functional groups attached to an aromatic ring is 1. The molecule has 3 rings (SSSR count). The maximum Gasteiger partial charge on any atom is 0.223 e. The molecular weight excluding hydrogens is 262 g/mol. The zero-order chi connectivity index (χ0) is 14.7. The van der Waals surface area contributed by atoms with Gasteiger partial charge in [-0.1, -0.05) is 19.3 Å². The summed E-state index contributed by atoms with van der Waals surface area (Å²) in [5.41, 5.74) is 6.47. The molecule has 5 heteroatoms. The molecule has 21 heavy (non-hydrogen) atoms. The van der Waals surface area contributed by atoms with Crippen molar-refractivity contribution >= 4 is 17.6 Å². The van der Waals surface area contributed by atoms with Crippen LogP contribution >= 0.6 is 0 Å². The molecule has 2 heterocycles. The van der Waals surface area contributed by atoms with Crippen LogP contribution < -0.4 is 16.0 Å². The molecule has 0 radical (unpaired) electrons. The number of anilines is 3. The average Bonchev–Trinajstić information content (AvgIpc) is 2.48. The molecule has 1 aromatic heterocycles. The lowest BCUT2D eigenvalue weighted by Gasteiger charge is -2.44. The minimum absolute atomic E-state index is 0.362. The third kappa shape index (κ3) is 3.22. The van der Waals surface area contributed by atoms with E-state index < -0.39 is 0 Å². The molecular formula is C16H27N5. The van der Waals surface area contributed by atoms with Gasteiger partial charge in [-0.2, -0.15) is 9.97 Å². The Hall–Kier alpha value is -1.52. The summed E-state index contributed by atoms with van der Waals surface area (Å²) in [6, 6.07) is 2.03. The number of hydrogen-bond donors (Lipinski definition) is 2. The van der Waals surface area contributed by atoms with Crippen molar-refractivity contribution in [1.29, 1.82) is 0 Å². The van der Waals surface area contributed by atoms with E-state index in [0.29, 0.717) is 11.4 Å². The largest absolute Gasteiger partial charge is 0.370 e. The molecule has 1 spiro atoms. The molecule has 1 saturated carbocycles. The summed E-state index contributed by atoms with van der Waals surface area (Å²) in [4.78, 5) is 11.0. The molecule has 0 amide bonds. The predicted molar refractivity (Wildman–Crippen MR) is 87.6 cm³/mol.